The van der Waals surface area contributed by atoms with Gasteiger partial charge < -0.3 is 4.90 Å². The third kappa shape index (κ3) is 3.75. The van der Waals surface area contributed by atoms with E-state index in [2.05, 4.69) is 19.1 Å². The number of hydrogen-bond donors (Lipinski definition) is 0. The minimum Gasteiger partial charge on any atom is -0.343 e. The van der Waals surface area contributed by atoms with E-state index in [0.717, 1.165) is 12.8 Å². The molecule has 2 fully saturated rings. The molecule has 0 unspecified atom stereocenters. The van der Waals surface area contributed by atoms with E-state index in [4.69, 9.17) is 0 Å². The van der Waals surface area contributed by atoms with E-state index in [9.17, 15) is 13.2 Å². The van der Waals surface area contributed by atoms with E-state index in [1.807, 2.05) is 24.0 Å². The molecule has 0 aliphatic carbocycles. The summed E-state index contributed by atoms with van der Waals surface area (Å²) in [5, 5.41) is -0.304. The molecule has 1 aromatic carbocycles. The Morgan fingerprint density at radius 1 is 1.20 bits per heavy atom. The zero-order chi connectivity index (χ0) is 18.0. The molecule has 1 amide bonds. The van der Waals surface area contributed by atoms with E-state index in [-0.39, 0.29) is 17.1 Å². The highest BCUT2D eigenvalue weighted by Gasteiger charge is 2.46. The summed E-state index contributed by atoms with van der Waals surface area (Å²) in [6.45, 7) is 6.37. The second-order valence-corrected chi connectivity index (χ2v) is 9.33. The van der Waals surface area contributed by atoms with Crippen LogP contribution in [0.15, 0.2) is 24.3 Å². The number of benzene rings is 1. The first-order valence-electron chi connectivity index (χ1n) is 9.24. The summed E-state index contributed by atoms with van der Waals surface area (Å²) in [5.74, 6) is 0.312. The van der Waals surface area contributed by atoms with Gasteiger partial charge in [-0.15, -0.1) is 0 Å². The Morgan fingerprint density at radius 2 is 1.92 bits per heavy atom. The molecule has 0 spiro atoms. The van der Waals surface area contributed by atoms with E-state index in [0.29, 0.717) is 39.0 Å². The minimum atomic E-state index is -3.18. The predicted molar refractivity (Wildman–Crippen MR) is 98.8 cm³/mol. The average Bonchev–Trinajstić information content (AvgIpc) is 2.74. The summed E-state index contributed by atoms with van der Waals surface area (Å²) < 4.78 is 26.7. The molecule has 5 nitrogen and oxygen atoms in total. The maximum absolute atomic E-state index is 12.6. The minimum absolute atomic E-state index is 0.146. The van der Waals surface area contributed by atoms with E-state index >= 15 is 0 Å². The Labute approximate surface area is 151 Å². The Morgan fingerprint density at radius 3 is 2.64 bits per heavy atom. The second kappa shape index (κ2) is 7.46. The Hall–Kier alpha value is -1.40. The van der Waals surface area contributed by atoms with Crippen LogP contribution in [0.25, 0.3) is 0 Å². The molecule has 0 radical (unpaired) electrons. The number of fused-ring (bicyclic) bond motifs is 1. The van der Waals surface area contributed by atoms with Gasteiger partial charge in [-0.3, -0.25) is 4.79 Å². The Bertz CT molecular complexity index is 732. The van der Waals surface area contributed by atoms with Gasteiger partial charge in [0.2, 0.25) is 15.9 Å². The van der Waals surface area contributed by atoms with Crippen molar-refractivity contribution in [2.75, 3.05) is 26.2 Å². The number of likely N-dealkylation sites (tertiary alicyclic amines) is 1. The number of carbonyl (C=O) groups is 1. The summed E-state index contributed by atoms with van der Waals surface area (Å²) in [4.78, 5) is 14.5. The van der Waals surface area contributed by atoms with Crippen molar-refractivity contribution < 1.29 is 13.2 Å². The SMILES string of the molecule is CCN1C[C@H]2CCN(C(=O)CCc3ccccc3C)CC[C@H]2S1(=O)=O. The zero-order valence-corrected chi connectivity index (χ0v) is 16.0. The third-order valence-corrected chi connectivity index (χ3v) is 8.25. The van der Waals surface area contributed by atoms with Gasteiger partial charge in [0.25, 0.3) is 0 Å². The van der Waals surface area contributed by atoms with Crippen LogP contribution in [0, 0.1) is 12.8 Å². The van der Waals surface area contributed by atoms with Gasteiger partial charge in [0, 0.05) is 32.6 Å². The molecule has 1 aromatic rings. The van der Waals surface area contributed by atoms with Crippen LogP contribution in [0.4, 0.5) is 0 Å². The van der Waals surface area contributed by atoms with Crippen molar-refractivity contribution in [1.82, 2.24) is 9.21 Å². The van der Waals surface area contributed by atoms with Gasteiger partial charge in [-0.25, -0.2) is 12.7 Å². The molecule has 2 aliphatic heterocycles. The Balaban J connectivity index is 1.59. The van der Waals surface area contributed by atoms with Crippen molar-refractivity contribution in [3.63, 3.8) is 0 Å². The van der Waals surface area contributed by atoms with Crippen LogP contribution in [0.2, 0.25) is 0 Å². The van der Waals surface area contributed by atoms with Crippen LogP contribution >= 0.6 is 0 Å². The van der Waals surface area contributed by atoms with Gasteiger partial charge >= 0.3 is 0 Å². The summed E-state index contributed by atoms with van der Waals surface area (Å²) in [5.41, 5.74) is 2.43. The van der Waals surface area contributed by atoms with E-state index < -0.39 is 10.0 Å². The summed E-state index contributed by atoms with van der Waals surface area (Å²) in [7, 11) is -3.18. The molecule has 138 valence electrons. The molecule has 0 N–H and O–H groups in total. The van der Waals surface area contributed by atoms with Crippen molar-refractivity contribution in [3.05, 3.63) is 35.4 Å². The lowest BCUT2D eigenvalue weighted by atomic mass is 10.0. The molecule has 0 bridgehead atoms. The first-order valence-corrected chi connectivity index (χ1v) is 10.7. The molecule has 6 heteroatoms. The van der Waals surface area contributed by atoms with E-state index in [1.54, 1.807) is 4.31 Å². The number of carbonyl (C=O) groups excluding carboxylic acids is 1. The van der Waals surface area contributed by atoms with Gasteiger partial charge in [-0.05, 0) is 43.2 Å². The fourth-order valence-corrected chi connectivity index (χ4v) is 6.40. The lowest BCUT2D eigenvalue weighted by Gasteiger charge is -2.22. The lowest BCUT2D eigenvalue weighted by Crippen LogP contribution is -2.34. The molecular weight excluding hydrogens is 336 g/mol. The van der Waals surface area contributed by atoms with Crippen LogP contribution in [0.3, 0.4) is 0 Å². The van der Waals surface area contributed by atoms with Crippen LogP contribution in [-0.2, 0) is 21.2 Å². The number of rotatable bonds is 4. The van der Waals surface area contributed by atoms with Crippen LogP contribution < -0.4 is 0 Å². The largest absolute Gasteiger partial charge is 0.343 e. The van der Waals surface area contributed by atoms with Crippen LogP contribution in [0.1, 0.15) is 37.3 Å². The quantitative estimate of drug-likeness (QED) is 0.823. The second-order valence-electron chi connectivity index (χ2n) is 7.18. The Kier molecular flexibility index (Phi) is 5.49. The first-order chi connectivity index (χ1) is 11.9. The van der Waals surface area contributed by atoms with Crippen molar-refractivity contribution in [3.8, 4) is 0 Å². The number of sulfonamides is 1. The van der Waals surface area contributed by atoms with Gasteiger partial charge in [0.05, 0.1) is 5.25 Å². The van der Waals surface area contributed by atoms with Crippen LogP contribution in [0.5, 0.6) is 0 Å². The molecule has 2 saturated heterocycles. The lowest BCUT2D eigenvalue weighted by molar-refractivity contribution is -0.131. The summed E-state index contributed by atoms with van der Waals surface area (Å²) in [6.07, 6.45) is 2.60. The molecular formula is C19H28N2O3S. The highest BCUT2D eigenvalue weighted by atomic mass is 32.2. The van der Waals surface area contributed by atoms with Gasteiger partial charge in [-0.1, -0.05) is 31.2 Å². The molecule has 2 atom stereocenters. The topological polar surface area (TPSA) is 57.7 Å². The third-order valence-electron chi connectivity index (χ3n) is 5.73. The molecule has 0 saturated carbocycles. The molecule has 2 aliphatic rings. The molecule has 0 aromatic heterocycles. The van der Waals surface area contributed by atoms with Crippen LogP contribution in [-0.4, -0.2) is 55.0 Å². The highest BCUT2D eigenvalue weighted by molar-refractivity contribution is 7.90. The van der Waals surface area contributed by atoms with Crippen molar-refractivity contribution in [2.24, 2.45) is 5.92 Å². The number of hydrogen-bond acceptors (Lipinski definition) is 3. The monoisotopic (exact) mass is 364 g/mol. The van der Waals surface area contributed by atoms with Gasteiger partial charge in [0.15, 0.2) is 0 Å². The van der Waals surface area contributed by atoms with Crippen molar-refractivity contribution in [2.45, 2.75) is 44.8 Å². The van der Waals surface area contributed by atoms with Crippen molar-refractivity contribution in [1.29, 1.82) is 0 Å². The molecule has 25 heavy (non-hydrogen) atoms. The standard InChI is InChI=1S/C19H28N2O3S/c1-3-21-14-17-10-12-20(13-11-18(17)25(21,23)24)19(22)9-8-16-7-5-4-6-15(16)2/h4-7,17-18H,3,8-14H2,1-2H3/t17-,18-/m1/s1. The summed E-state index contributed by atoms with van der Waals surface area (Å²) in [6, 6.07) is 8.15. The smallest absolute Gasteiger partial charge is 0.222 e. The normalized spacial score (nSPS) is 26.2. The highest BCUT2D eigenvalue weighted by Crippen LogP contribution is 2.34. The maximum atomic E-state index is 12.6. The fourth-order valence-electron chi connectivity index (χ4n) is 4.14. The average molecular weight is 365 g/mol. The van der Waals surface area contributed by atoms with Gasteiger partial charge in [-0.2, -0.15) is 0 Å². The van der Waals surface area contributed by atoms with Crippen molar-refractivity contribution >= 4 is 15.9 Å². The van der Waals surface area contributed by atoms with Gasteiger partial charge in [0.1, 0.15) is 0 Å². The number of amides is 1. The predicted octanol–water partition coefficient (Wildman–Crippen LogP) is 2.20. The molecule has 3 rings (SSSR count). The summed E-state index contributed by atoms with van der Waals surface area (Å²) >= 11 is 0. The number of aryl methyl sites for hydroxylation is 2. The fraction of sp³-hybridized carbons (Fsp3) is 0.632. The van der Waals surface area contributed by atoms with E-state index in [1.165, 1.54) is 11.1 Å². The first kappa shape index (κ1) is 18.4. The molecule has 2 heterocycles. The zero-order valence-electron chi connectivity index (χ0n) is 15.1. The maximum Gasteiger partial charge on any atom is 0.222 e. The number of nitrogens with zero attached hydrogens (tertiary/aromatic N) is 2.